The normalized spacial score (nSPS) is 24.7. The van der Waals surface area contributed by atoms with Gasteiger partial charge in [-0.1, -0.05) is 76.6 Å². The number of hydrogen-bond acceptors (Lipinski definition) is 4. The molecule has 4 nitrogen and oxygen atoms in total. The van der Waals surface area contributed by atoms with Gasteiger partial charge in [0, 0.05) is 27.9 Å². The van der Waals surface area contributed by atoms with Gasteiger partial charge in [0.15, 0.2) is 6.10 Å². The average molecular weight is 460 g/mol. The lowest BCUT2D eigenvalue weighted by Gasteiger charge is -2.40. The molecule has 1 N–H and O–H groups in total. The van der Waals surface area contributed by atoms with Crippen LogP contribution in [0.3, 0.4) is 0 Å². The molecule has 2 aliphatic rings. The minimum atomic E-state index is -1.31. The van der Waals surface area contributed by atoms with Crippen LogP contribution in [0.5, 0.6) is 5.75 Å². The van der Waals surface area contributed by atoms with Gasteiger partial charge in [0.05, 0.1) is 11.6 Å². The number of hydrogen-bond donors (Lipinski definition) is 1. The summed E-state index contributed by atoms with van der Waals surface area (Å²) >= 11 is 3.46. The number of aliphatic hydroxyl groups excluding tert-OH is 1. The van der Waals surface area contributed by atoms with Crippen molar-refractivity contribution in [3.8, 4) is 11.8 Å². The van der Waals surface area contributed by atoms with E-state index in [1.807, 2.05) is 78.9 Å². The standard InChI is InChI=1S/C25H18BrNO3/c26-18-11-12-22-19(13-18)24(28)25(29-22)14-20(16-7-3-1-4-8-16)21(15-27)23(30-25)17-9-5-2-6-10-17/h1-13,20,24,28H,14H2/t20-,24-,25-/m0/s1. The molecule has 3 atom stereocenters. The Morgan fingerprint density at radius 3 is 2.37 bits per heavy atom. The van der Waals surface area contributed by atoms with E-state index in [9.17, 15) is 10.4 Å². The molecule has 0 aliphatic carbocycles. The van der Waals surface area contributed by atoms with Crippen molar-refractivity contribution in [1.29, 1.82) is 5.26 Å². The minimum absolute atomic E-state index is 0.271. The molecule has 3 aromatic rings. The van der Waals surface area contributed by atoms with Crippen LogP contribution in [-0.2, 0) is 4.74 Å². The van der Waals surface area contributed by atoms with Crippen LogP contribution in [-0.4, -0.2) is 10.9 Å². The van der Waals surface area contributed by atoms with Gasteiger partial charge in [-0.05, 0) is 23.8 Å². The molecule has 0 unspecified atom stereocenters. The van der Waals surface area contributed by atoms with Gasteiger partial charge in [-0.2, -0.15) is 5.26 Å². The maximum atomic E-state index is 11.3. The molecular formula is C25H18BrNO3. The van der Waals surface area contributed by atoms with E-state index in [0.29, 0.717) is 29.1 Å². The molecule has 0 radical (unpaired) electrons. The van der Waals surface area contributed by atoms with E-state index >= 15 is 0 Å². The van der Waals surface area contributed by atoms with Gasteiger partial charge in [-0.25, -0.2) is 0 Å². The van der Waals surface area contributed by atoms with Crippen LogP contribution in [0.1, 0.15) is 35.1 Å². The summed E-state index contributed by atoms with van der Waals surface area (Å²) in [6, 6.07) is 27.3. The van der Waals surface area contributed by atoms with E-state index in [1.165, 1.54) is 0 Å². The van der Waals surface area contributed by atoms with Crippen LogP contribution in [0.25, 0.3) is 5.76 Å². The summed E-state index contributed by atoms with van der Waals surface area (Å²) in [7, 11) is 0. The Labute approximate surface area is 183 Å². The van der Waals surface area contributed by atoms with Gasteiger partial charge < -0.3 is 14.6 Å². The zero-order valence-corrected chi connectivity index (χ0v) is 17.5. The molecule has 30 heavy (non-hydrogen) atoms. The van der Waals surface area contributed by atoms with Gasteiger partial charge in [0.1, 0.15) is 11.5 Å². The highest BCUT2D eigenvalue weighted by molar-refractivity contribution is 9.10. The quantitative estimate of drug-likeness (QED) is 0.532. The van der Waals surface area contributed by atoms with E-state index in [0.717, 1.165) is 15.6 Å². The third kappa shape index (κ3) is 3.00. The molecule has 0 saturated carbocycles. The summed E-state index contributed by atoms with van der Waals surface area (Å²) in [5.41, 5.74) is 2.97. The minimum Gasteiger partial charge on any atom is -0.449 e. The lowest BCUT2D eigenvalue weighted by Crippen LogP contribution is -2.45. The van der Waals surface area contributed by atoms with Gasteiger partial charge >= 0.3 is 0 Å². The molecule has 3 aromatic carbocycles. The van der Waals surface area contributed by atoms with Gasteiger partial charge in [-0.3, -0.25) is 0 Å². The molecule has 0 fully saturated rings. The van der Waals surface area contributed by atoms with Gasteiger partial charge in [0.2, 0.25) is 0 Å². The van der Waals surface area contributed by atoms with Gasteiger partial charge in [0.25, 0.3) is 5.79 Å². The first kappa shape index (κ1) is 18.9. The SMILES string of the molecule is N#CC1=C(c2ccccc2)O[C@]2(C[C@H]1c1ccccc1)Oc1ccc(Br)cc1[C@@H]2O. The lowest BCUT2D eigenvalue weighted by molar-refractivity contribution is -0.197. The number of nitrogens with zero attached hydrogens (tertiary/aromatic N) is 1. The van der Waals surface area contributed by atoms with Crippen molar-refractivity contribution in [3.05, 3.63) is 106 Å². The summed E-state index contributed by atoms with van der Waals surface area (Å²) < 4.78 is 13.5. The molecule has 2 aliphatic heterocycles. The van der Waals surface area contributed by atoms with Crippen molar-refractivity contribution in [2.45, 2.75) is 24.2 Å². The fraction of sp³-hybridized carbons (Fsp3) is 0.160. The lowest BCUT2D eigenvalue weighted by atomic mass is 9.80. The van der Waals surface area contributed by atoms with Crippen molar-refractivity contribution in [3.63, 3.8) is 0 Å². The van der Waals surface area contributed by atoms with E-state index < -0.39 is 11.9 Å². The van der Waals surface area contributed by atoms with E-state index in [1.54, 1.807) is 0 Å². The maximum absolute atomic E-state index is 11.3. The van der Waals surface area contributed by atoms with Crippen LogP contribution in [0.2, 0.25) is 0 Å². The first-order valence-corrected chi connectivity index (χ1v) is 10.5. The summed E-state index contributed by atoms with van der Waals surface area (Å²) in [6.07, 6.45) is -0.667. The molecular weight excluding hydrogens is 442 g/mol. The first-order chi connectivity index (χ1) is 14.6. The second-order valence-electron chi connectivity index (χ2n) is 7.49. The highest BCUT2D eigenvalue weighted by atomic mass is 79.9. The molecule has 0 amide bonds. The number of fused-ring (bicyclic) bond motifs is 1. The number of benzene rings is 3. The molecule has 1 spiro atoms. The second-order valence-corrected chi connectivity index (χ2v) is 8.40. The van der Waals surface area contributed by atoms with Crippen molar-refractivity contribution < 1.29 is 14.6 Å². The third-order valence-corrected chi connectivity index (χ3v) is 6.17. The smallest absolute Gasteiger partial charge is 0.282 e. The zero-order valence-electron chi connectivity index (χ0n) is 16.0. The largest absolute Gasteiger partial charge is 0.449 e. The number of ether oxygens (including phenoxy) is 2. The molecule has 5 heteroatoms. The van der Waals surface area contributed by atoms with E-state index in [-0.39, 0.29) is 5.92 Å². The summed E-state index contributed by atoms with van der Waals surface area (Å²) in [4.78, 5) is 0. The number of halogens is 1. The Bertz CT molecular complexity index is 1170. The highest BCUT2D eigenvalue weighted by Gasteiger charge is 2.55. The predicted molar refractivity (Wildman–Crippen MR) is 116 cm³/mol. The number of allylic oxidation sites excluding steroid dienone is 1. The van der Waals surface area contributed by atoms with Gasteiger partial charge in [-0.15, -0.1) is 0 Å². The Kier molecular flexibility index (Phi) is 4.62. The molecule has 148 valence electrons. The number of rotatable bonds is 2. The molecule has 5 rings (SSSR count). The highest BCUT2D eigenvalue weighted by Crippen LogP contribution is 2.55. The van der Waals surface area contributed by atoms with Crippen LogP contribution in [0.4, 0.5) is 0 Å². The van der Waals surface area contributed by atoms with E-state index in [4.69, 9.17) is 9.47 Å². The molecule has 0 aromatic heterocycles. The van der Waals surface area contributed by atoms with Crippen LogP contribution in [0, 0.1) is 11.3 Å². The molecule has 2 heterocycles. The average Bonchev–Trinajstić information content (AvgIpc) is 3.05. The predicted octanol–water partition coefficient (Wildman–Crippen LogP) is 5.71. The molecule has 0 saturated heterocycles. The first-order valence-electron chi connectivity index (χ1n) is 9.71. The Morgan fingerprint density at radius 2 is 1.67 bits per heavy atom. The van der Waals surface area contributed by atoms with Crippen LogP contribution >= 0.6 is 15.9 Å². The summed E-state index contributed by atoms with van der Waals surface area (Å²) in [6.45, 7) is 0. The zero-order chi connectivity index (χ0) is 20.7. The number of nitriles is 1. The Balaban J connectivity index is 1.68. The molecule has 0 bridgehead atoms. The summed E-state index contributed by atoms with van der Waals surface area (Å²) in [5.74, 6) is -0.545. The van der Waals surface area contributed by atoms with Crippen LogP contribution in [0.15, 0.2) is 88.9 Å². The van der Waals surface area contributed by atoms with Crippen molar-refractivity contribution >= 4 is 21.7 Å². The van der Waals surface area contributed by atoms with Crippen LogP contribution < -0.4 is 4.74 Å². The summed E-state index contributed by atoms with van der Waals surface area (Å²) in [5, 5.41) is 21.4. The van der Waals surface area contributed by atoms with E-state index in [2.05, 4.69) is 22.0 Å². The van der Waals surface area contributed by atoms with Crippen molar-refractivity contribution in [2.75, 3.05) is 0 Å². The monoisotopic (exact) mass is 459 g/mol. The fourth-order valence-corrected chi connectivity index (χ4v) is 4.63. The second kappa shape index (κ2) is 7.32. The van der Waals surface area contributed by atoms with Crippen molar-refractivity contribution in [1.82, 2.24) is 0 Å². The Hall–Kier alpha value is -3.07. The Morgan fingerprint density at radius 1 is 0.967 bits per heavy atom. The third-order valence-electron chi connectivity index (χ3n) is 5.68. The fourth-order valence-electron chi connectivity index (χ4n) is 4.25. The van der Waals surface area contributed by atoms with Crippen molar-refractivity contribution in [2.24, 2.45) is 0 Å². The number of aliphatic hydroxyl groups is 1. The topological polar surface area (TPSA) is 62.5 Å². The maximum Gasteiger partial charge on any atom is 0.282 e.